The molecule has 1 saturated heterocycles. The number of hydrogen-bond donors (Lipinski definition) is 0. The van der Waals surface area contributed by atoms with Gasteiger partial charge in [0, 0.05) is 43.4 Å². The Morgan fingerprint density at radius 2 is 1.73 bits per heavy atom. The van der Waals surface area contributed by atoms with Crippen LogP contribution in [0.4, 0.5) is 0 Å². The molecule has 6 rings (SSSR count). The zero-order valence-electron chi connectivity index (χ0n) is 22.4. The molecule has 0 bridgehead atoms. The predicted molar refractivity (Wildman–Crippen MR) is 153 cm³/mol. The van der Waals surface area contributed by atoms with Crippen LogP contribution in [-0.4, -0.2) is 57.1 Å². The smallest absolute Gasteiger partial charge is 0.272 e. The lowest BCUT2D eigenvalue weighted by molar-refractivity contribution is 0.0590. The first-order chi connectivity index (χ1) is 19.6. The van der Waals surface area contributed by atoms with Gasteiger partial charge in [-0.1, -0.05) is 54.6 Å². The molecule has 0 atom stereocenters. The Hall–Kier alpha value is -4.56. The van der Waals surface area contributed by atoms with E-state index in [0.717, 1.165) is 40.6 Å². The van der Waals surface area contributed by atoms with Gasteiger partial charge in [-0.05, 0) is 49.0 Å². The molecule has 5 aromatic rings. The van der Waals surface area contributed by atoms with Crippen molar-refractivity contribution in [1.29, 1.82) is 0 Å². The molecular formula is C32H31N5O3. The average molecular weight is 534 g/mol. The standard InChI is InChI=1S/C32H31N5O3/c1-36(22-30-34-35-31(40-30)25-10-3-2-4-11-25)21-23-8-7-12-27(20-23)39-26-16-18-37(19-17-26)32(38)29-15-14-24-9-5-6-13-28(24)33-29/h2-15,20,26H,16-19,21-22H2,1H3. The second-order valence-electron chi connectivity index (χ2n) is 10.2. The average Bonchev–Trinajstić information content (AvgIpc) is 3.46. The van der Waals surface area contributed by atoms with E-state index < -0.39 is 0 Å². The molecule has 1 aliphatic heterocycles. The third-order valence-electron chi connectivity index (χ3n) is 7.09. The quantitative estimate of drug-likeness (QED) is 0.257. The van der Waals surface area contributed by atoms with Crippen molar-refractivity contribution in [2.75, 3.05) is 20.1 Å². The minimum absolute atomic E-state index is 0.0219. The largest absolute Gasteiger partial charge is 0.490 e. The second kappa shape index (κ2) is 11.7. The van der Waals surface area contributed by atoms with Gasteiger partial charge >= 0.3 is 0 Å². The van der Waals surface area contributed by atoms with Crippen LogP contribution in [-0.2, 0) is 13.1 Å². The minimum atomic E-state index is -0.0219. The summed E-state index contributed by atoms with van der Waals surface area (Å²) < 4.78 is 12.2. The molecular weight excluding hydrogens is 502 g/mol. The van der Waals surface area contributed by atoms with E-state index >= 15 is 0 Å². The molecule has 0 aliphatic carbocycles. The number of piperidine rings is 1. The van der Waals surface area contributed by atoms with Gasteiger partial charge in [0.1, 0.15) is 17.5 Å². The molecule has 8 heteroatoms. The molecule has 40 heavy (non-hydrogen) atoms. The van der Waals surface area contributed by atoms with Gasteiger partial charge in [0.05, 0.1) is 12.1 Å². The number of aromatic nitrogens is 3. The summed E-state index contributed by atoms with van der Waals surface area (Å²) in [6.45, 7) is 2.56. The van der Waals surface area contributed by atoms with Gasteiger partial charge in [0.25, 0.3) is 5.91 Å². The number of fused-ring (bicyclic) bond motifs is 1. The number of para-hydroxylation sites is 1. The highest BCUT2D eigenvalue weighted by atomic mass is 16.5. The zero-order valence-corrected chi connectivity index (χ0v) is 22.4. The van der Waals surface area contributed by atoms with Crippen LogP contribution in [0.1, 0.15) is 34.8 Å². The lowest BCUT2D eigenvalue weighted by Crippen LogP contribution is -2.42. The van der Waals surface area contributed by atoms with Crippen LogP contribution in [0.25, 0.3) is 22.4 Å². The Labute approximate surface area is 233 Å². The van der Waals surface area contributed by atoms with Gasteiger partial charge in [0.2, 0.25) is 11.8 Å². The molecule has 0 unspecified atom stereocenters. The van der Waals surface area contributed by atoms with E-state index in [1.165, 1.54) is 0 Å². The third-order valence-corrected chi connectivity index (χ3v) is 7.09. The Kier molecular flexibility index (Phi) is 7.50. The highest BCUT2D eigenvalue weighted by Gasteiger charge is 2.25. The molecule has 202 valence electrons. The predicted octanol–water partition coefficient (Wildman–Crippen LogP) is 5.60. The summed E-state index contributed by atoms with van der Waals surface area (Å²) in [6.07, 6.45) is 1.63. The molecule has 3 heterocycles. The lowest BCUT2D eigenvalue weighted by Gasteiger charge is -2.32. The van der Waals surface area contributed by atoms with Crippen molar-refractivity contribution < 1.29 is 13.9 Å². The Morgan fingerprint density at radius 1 is 0.925 bits per heavy atom. The van der Waals surface area contributed by atoms with Gasteiger partial charge < -0.3 is 14.1 Å². The van der Waals surface area contributed by atoms with Crippen molar-refractivity contribution in [3.8, 4) is 17.2 Å². The summed E-state index contributed by atoms with van der Waals surface area (Å²) in [5.41, 5.74) is 3.38. The zero-order chi connectivity index (χ0) is 27.3. The number of pyridine rings is 1. The number of benzene rings is 3. The number of ether oxygens (including phenoxy) is 1. The third kappa shape index (κ3) is 6.02. The number of hydrogen-bond acceptors (Lipinski definition) is 7. The van der Waals surface area contributed by atoms with Crippen LogP contribution in [0, 0.1) is 0 Å². The summed E-state index contributed by atoms with van der Waals surface area (Å²) in [4.78, 5) is 21.6. The van der Waals surface area contributed by atoms with Crippen LogP contribution in [0.15, 0.2) is 95.4 Å². The summed E-state index contributed by atoms with van der Waals surface area (Å²) in [6, 6.07) is 29.6. The fraction of sp³-hybridized carbons (Fsp3) is 0.250. The van der Waals surface area contributed by atoms with Crippen molar-refractivity contribution >= 4 is 16.8 Å². The lowest BCUT2D eigenvalue weighted by atomic mass is 10.1. The van der Waals surface area contributed by atoms with Gasteiger partial charge in [-0.2, -0.15) is 0 Å². The number of carbonyl (C=O) groups excluding carboxylic acids is 1. The molecule has 0 spiro atoms. The molecule has 2 aromatic heterocycles. The van der Waals surface area contributed by atoms with Crippen LogP contribution in [0.3, 0.4) is 0 Å². The van der Waals surface area contributed by atoms with Crippen molar-refractivity contribution in [2.24, 2.45) is 0 Å². The Morgan fingerprint density at radius 3 is 2.58 bits per heavy atom. The normalized spacial score (nSPS) is 14.1. The Balaban J connectivity index is 1.01. The van der Waals surface area contributed by atoms with E-state index in [2.05, 4.69) is 32.2 Å². The second-order valence-corrected chi connectivity index (χ2v) is 10.2. The molecule has 8 nitrogen and oxygen atoms in total. The highest BCUT2D eigenvalue weighted by molar-refractivity contribution is 5.95. The number of amides is 1. The summed E-state index contributed by atoms with van der Waals surface area (Å²) in [5.74, 6) is 1.93. The molecule has 1 aliphatic rings. The monoisotopic (exact) mass is 533 g/mol. The van der Waals surface area contributed by atoms with Gasteiger partial charge in [-0.3, -0.25) is 9.69 Å². The first kappa shape index (κ1) is 25.7. The van der Waals surface area contributed by atoms with Crippen LogP contribution in [0.5, 0.6) is 5.75 Å². The fourth-order valence-corrected chi connectivity index (χ4v) is 5.05. The van der Waals surface area contributed by atoms with Crippen molar-refractivity contribution in [3.05, 3.63) is 108 Å². The van der Waals surface area contributed by atoms with Gasteiger partial charge in [-0.25, -0.2) is 4.98 Å². The van der Waals surface area contributed by atoms with E-state index in [1.807, 2.05) is 90.8 Å². The maximum atomic E-state index is 13.1. The van der Waals surface area contributed by atoms with E-state index in [4.69, 9.17) is 9.15 Å². The van der Waals surface area contributed by atoms with Crippen LogP contribution >= 0.6 is 0 Å². The molecule has 3 aromatic carbocycles. The molecule has 0 saturated carbocycles. The number of rotatable bonds is 8. The van der Waals surface area contributed by atoms with Crippen molar-refractivity contribution in [3.63, 3.8) is 0 Å². The topological polar surface area (TPSA) is 84.6 Å². The first-order valence-corrected chi connectivity index (χ1v) is 13.6. The summed E-state index contributed by atoms with van der Waals surface area (Å²) >= 11 is 0. The molecule has 0 N–H and O–H groups in total. The Bertz CT molecular complexity index is 1590. The number of likely N-dealkylation sites (tertiary alicyclic amines) is 1. The van der Waals surface area contributed by atoms with Gasteiger partial charge in [-0.15, -0.1) is 10.2 Å². The molecule has 0 radical (unpaired) electrons. The van der Waals surface area contributed by atoms with Crippen molar-refractivity contribution in [1.82, 2.24) is 25.0 Å². The maximum Gasteiger partial charge on any atom is 0.272 e. The summed E-state index contributed by atoms with van der Waals surface area (Å²) in [7, 11) is 2.02. The number of carbonyl (C=O) groups is 1. The van der Waals surface area contributed by atoms with Crippen LogP contribution < -0.4 is 4.74 Å². The minimum Gasteiger partial charge on any atom is -0.490 e. The SMILES string of the molecule is CN(Cc1cccc(OC2CCN(C(=O)c3ccc4ccccc4n3)CC2)c1)Cc1nnc(-c2ccccc2)o1. The van der Waals surface area contributed by atoms with Crippen LogP contribution in [0.2, 0.25) is 0 Å². The van der Waals surface area contributed by atoms with E-state index in [-0.39, 0.29) is 12.0 Å². The van der Waals surface area contributed by atoms with E-state index in [9.17, 15) is 4.79 Å². The fourth-order valence-electron chi connectivity index (χ4n) is 5.05. The van der Waals surface area contributed by atoms with E-state index in [0.29, 0.717) is 43.7 Å². The summed E-state index contributed by atoms with van der Waals surface area (Å²) in [5, 5.41) is 9.42. The maximum absolute atomic E-state index is 13.1. The molecule has 1 amide bonds. The number of nitrogens with zero attached hydrogens (tertiary/aromatic N) is 5. The first-order valence-electron chi connectivity index (χ1n) is 13.6. The van der Waals surface area contributed by atoms with Crippen molar-refractivity contribution in [2.45, 2.75) is 32.0 Å². The van der Waals surface area contributed by atoms with Gasteiger partial charge in [0.15, 0.2) is 0 Å². The molecule has 1 fully saturated rings. The highest BCUT2D eigenvalue weighted by Crippen LogP contribution is 2.23. The van der Waals surface area contributed by atoms with E-state index in [1.54, 1.807) is 0 Å².